The first kappa shape index (κ1) is 20.5. The molecule has 1 N–H and O–H groups in total. The van der Waals surface area contributed by atoms with E-state index < -0.39 is 10.0 Å². The monoisotopic (exact) mass is 406 g/mol. The Bertz CT molecular complexity index is 857. The molecule has 1 aromatic heterocycles. The van der Waals surface area contributed by atoms with Gasteiger partial charge < -0.3 is 0 Å². The van der Waals surface area contributed by atoms with Gasteiger partial charge in [-0.05, 0) is 98.3 Å². The maximum Gasteiger partial charge on any atom is 0.241 e. The molecule has 1 aliphatic heterocycles. The van der Waals surface area contributed by atoms with Gasteiger partial charge in [-0.1, -0.05) is 12.5 Å². The SMILES string of the molecule is Cc1cc(C)c(C)c(S(=O)(=O)NCC(c2ccsc2)N2CCCCC2)c1C. The van der Waals surface area contributed by atoms with Gasteiger partial charge in [-0.25, -0.2) is 13.1 Å². The topological polar surface area (TPSA) is 49.4 Å². The third kappa shape index (κ3) is 4.45. The number of nitrogens with zero attached hydrogens (tertiary/aromatic N) is 1. The molecule has 27 heavy (non-hydrogen) atoms. The summed E-state index contributed by atoms with van der Waals surface area (Å²) in [7, 11) is -3.56. The Hall–Kier alpha value is -1.21. The van der Waals surface area contributed by atoms with Crippen molar-refractivity contribution in [2.24, 2.45) is 0 Å². The van der Waals surface area contributed by atoms with Crippen molar-refractivity contribution in [2.75, 3.05) is 19.6 Å². The fourth-order valence-corrected chi connectivity index (χ4v) is 6.35. The minimum absolute atomic E-state index is 0.0952. The van der Waals surface area contributed by atoms with E-state index in [-0.39, 0.29) is 6.04 Å². The molecule has 148 valence electrons. The molecule has 2 aromatic rings. The molecule has 6 heteroatoms. The van der Waals surface area contributed by atoms with Crippen LogP contribution >= 0.6 is 11.3 Å². The highest BCUT2D eigenvalue weighted by Gasteiger charge is 2.27. The van der Waals surface area contributed by atoms with Crippen molar-refractivity contribution in [3.05, 3.63) is 50.7 Å². The number of likely N-dealkylation sites (tertiary alicyclic amines) is 1. The average molecular weight is 407 g/mol. The third-order valence-electron chi connectivity index (χ3n) is 5.79. The number of sulfonamides is 1. The normalized spacial score (nSPS) is 17.2. The number of piperidine rings is 1. The zero-order valence-corrected chi connectivity index (χ0v) is 18.3. The Morgan fingerprint density at radius 3 is 2.26 bits per heavy atom. The summed E-state index contributed by atoms with van der Waals surface area (Å²) >= 11 is 1.67. The fourth-order valence-electron chi connectivity index (χ4n) is 4.00. The summed E-state index contributed by atoms with van der Waals surface area (Å²) in [6.07, 6.45) is 3.63. The molecule has 0 amide bonds. The Balaban J connectivity index is 1.87. The quantitative estimate of drug-likeness (QED) is 0.769. The van der Waals surface area contributed by atoms with Gasteiger partial charge in [0.2, 0.25) is 10.0 Å². The molecule has 0 aliphatic carbocycles. The summed E-state index contributed by atoms with van der Waals surface area (Å²) in [5.74, 6) is 0. The van der Waals surface area contributed by atoms with Crippen molar-refractivity contribution in [1.29, 1.82) is 0 Å². The molecule has 0 saturated carbocycles. The summed E-state index contributed by atoms with van der Waals surface area (Å²) < 4.78 is 29.3. The number of hydrogen-bond donors (Lipinski definition) is 1. The molecule has 2 heterocycles. The Kier molecular flexibility index (Phi) is 6.41. The zero-order chi connectivity index (χ0) is 19.6. The van der Waals surface area contributed by atoms with E-state index in [2.05, 4.69) is 32.5 Å². The van der Waals surface area contributed by atoms with Crippen LogP contribution in [0.3, 0.4) is 0 Å². The second-order valence-corrected chi connectivity index (χ2v) is 10.1. The minimum Gasteiger partial charge on any atom is -0.295 e. The predicted molar refractivity (Wildman–Crippen MR) is 113 cm³/mol. The highest BCUT2D eigenvalue weighted by atomic mass is 32.2. The summed E-state index contributed by atoms with van der Waals surface area (Å²) in [6, 6.07) is 4.27. The van der Waals surface area contributed by atoms with Gasteiger partial charge in [-0.2, -0.15) is 11.3 Å². The first-order valence-corrected chi connectivity index (χ1v) is 12.1. The molecule has 0 radical (unpaired) electrons. The number of benzene rings is 1. The van der Waals surface area contributed by atoms with Crippen LogP contribution in [-0.2, 0) is 10.0 Å². The van der Waals surface area contributed by atoms with Crippen LogP contribution in [0.25, 0.3) is 0 Å². The number of rotatable bonds is 6. The highest BCUT2D eigenvalue weighted by Crippen LogP contribution is 2.29. The summed E-state index contributed by atoms with van der Waals surface area (Å²) in [5.41, 5.74) is 4.93. The molecule has 3 rings (SSSR count). The molecule has 0 bridgehead atoms. The second kappa shape index (κ2) is 8.43. The van der Waals surface area contributed by atoms with E-state index in [0.29, 0.717) is 11.4 Å². The second-order valence-electron chi connectivity index (χ2n) is 7.61. The van der Waals surface area contributed by atoms with Gasteiger partial charge in [-0.3, -0.25) is 4.90 Å². The molecular formula is C21H30N2O2S2. The summed E-state index contributed by atoms with van der Waals surface area (Å²) in [6.45, 7) is 10.2. The van der Waals surface area contributed by atoms with Crippen LogP contribution in [0.2, 0.25) is 0 Å². The Morgan fingerprint density at radius 1 is 1.07 bits per heavy atom. The Labute approximate surface area is 167 Å². The number of aryl methyl sites for hydroxylation is 2. The van der Waals surface area contributed by atoms with E-state index in [0.717, 1.165) is 35.3 Å². The molecule has 1 aromatic carbocycles. The van der Waals surface area contributed by atoms with Gasteiger partial charge in [0.15, 0.2) is 0 Å². The molecule has 4 nitrogen and oxygen atoms in total. The maximum absolute atomic E-state index is 13.2. The van der Waals surface area contributed by atoms with E-state index in [4.69, 9.17) is 0 Å². The van der Waals surface area contributed by atoms with E-state index in [9.17, 15) is 8.42 Å². The van der Waals surface area contributed by atoms with Gasteiger partial charge in [0.25, 0.3) is 0 Å². The van der Waals surface area contributed by atoms with Gasteiger partial charge in [-0.15, -0.1) is 0 Å². The van der Waals surface area contributed by atoms with Crippen LogP contribution in [0.4, 0.5) is 0 Å². The van der Waals surface area contributed by atoms with Crippen molar-refractivity contribution in [1.82, 2.24) is 9.62 Å². The largest absolute Gasteiger partial charge is 0.295 e. The van der Waals surface area contributed by atoms with Crippen LogP contribution in [0.15, 0.2) is 27.8 Å². The van der Waals surface area contributed by atoms with Crippen molar-refractivity contribution in [2.45, 2.75) is 57.9 Å². The number of hydrogen-bond acceptors (Lipinski definition) is 4. The maximum atomic E-state index is 13.2. The third-order valence-corrected chi connectivity index (χ3v) is 8.19. The Morgan fingerprint density at radius 2 is 1.70 bits per heavy atom. The molecule has 1 saturated heterocycles. The number of nitrogens with one attached hydrogen (secondary N) is 1. The van der Waals surface area contributed by atoms with Gasteiger partial charge in [0, 0.05) is 12.6 Å². The molecule has 1 aliphatic rings. The number of thiophene rings is 1. The molecule has 0 spiro atoms. The van der Waals surface area contributed by atoms with E-state index in [1.54, 1.807) is 11.3 Å². The summed E-state index contributed by atoms with van der Waals surface area (Å²) in [4.78, 5) is 2.87. The lowest BCUT2D eigenvalue weighted by molar-refractivity contribution is 0.165. The smallest absolute Gasteiger partial charge is 0.241 e. The zero-order valence-electron chi connectivity index (χ0n) is 16.7. The molecule has 1 fully saturated rings. The average Bonchev–Trinajstić information content (AvgIpc) is 3.15. The molecule has 1 atom stereocenters. The minimum atomic E-state index is -3.56. The summed E-state index contributed by atoms with van der Waals surface area (Å²) in [5, 5.41) is 4.21. The lowest BCUT2D eigenvalue weighted by Crippen LogP contribution is -2.40. The molecule has 1 unspecified atom stereocenters. The van der Waals surface area contributed by atoms with Crippen LogP contribution < -0.4 is 4.72 Å². The molecular weight excluding hydrogens is 376 g/mol. The van der Waals surface area contributed by atoms with Gasteiger partial charge >= 0.3 is 0 Å². The fraction of sp³-hybridized carbons (Fsp3) is 0.524. The lowest BCUT2D eigenvalue weighted by atomic mass is 10.0. The van der Waals surface area contributed by atoms with Crippen LogP contribution in [0.5, 0.6) is 0 Å². The van der Waals surface area contributed by atoms with E-state index in [1.807, 2.05) is 27.7 Å². The van der Waals surface area contributed by atoms with Crippen LogP contribution in [0.1, 0.15) is 53.1 Å². The highest BCUT2D eigenvalue weighted by molar-refractivity contribution is 7.89. The van der Waals surface area contributed by atoms with Crippen LogP contribution in [0, 0.1) is 27.7 Å². The van der Waals surface area contributed by atoms with Gasteiger partial charge in [0.05, 0.1) is 4.90 Å². The first-order valence-electron chi connectivity index (χ1n) is 9.64. The van der Waals surface area contributed by atoms with Crippen molar-refractivity contribution >= 4 is 21.4 Å². The first-order chi connectivity index (χ1) is 12.8. The predicted octanol–water partition coefficient (Wildman–Crippen LogP) is 4.49. The van der Waals surface area contributed by atoms with E-state index >= 15 is 0 Å². The standard InChI is InChI=1S/C21H30N2O2S2/c1-15-12-16(2)18(4)21(17(15)3)27(24,25)22-13-20(19-8-11-26-14-19)23-9-6-5-7-10-23/h8,11-12,14,20,22H,5-7,9-10,13H2,1-4H3. The van der Waals surface area contributed by atoms with Crippen molar-refractivity contribution in [3.63, 3.8) is 0 Å². The van der Waals surface area contributed by atoms with Crippen LogP contribution in [-0.4, -0.2) is 33.0 Å². The lowest BCUT2D eigenvalue weighted by Gasteiger charge is -2.34. The van der Waals surface area contributed by atoms with E-state index in [1.165, 1.54) is 24.8 Å². The van der Waals surface area contributed by atoms with Crippen molar-refractivity contribution in [3.8, 4) is 0 Å². The van der Waals surface area contributed by atoms with Crippen molar-refractivity contribution < 1.29 is 8.42 Å². The van der Waals surface area contributed by atoms with Gasteiger partial charge in [0.1, 0.15) is 0 Å².